The number of carbonyl (C=O) groups is 1. The van der Waals surface area contributed by atoms with E-state index >= 15 is 0 Å². The molecule has 0 spiro atoms. The van der Waals surface area contributed by atoms with E-state index in [2.05, 4.69) is 11.1 Å². The SMILES string of the molecule is N#Cc1ccsc1N=C1CCCC(=O)C1. The third-order valence-corrected chi connectivity index (χ3v) is 3.15. The van der Waals surface area contributed by atoms with Crippen LogP contribution in [0.4, 0.5) is 5.00 Å². The molecule has 0 unspecified atom stereocenters. The fraction of sp³-hybridized carbons (Fsp3) is 0.364. The minimum atomic E-state index is 0.259. The molecule has 2 rings (SSSR count). The van der Waals surface area contributed by atoms with Gasteiger partial charge in [0.15, 0.2) is 0 Å². The second-order valence-corrected chi connectivity index (χ2v) is 4.39. The summed E-state index contributed by atoms with van der Waals surface area (Å²) in [6.07, 6.45) is 2.91. The van der Waals surface area contributed by atoms with Gasteiger partial charge in [-0.2, -0.15) is 5.26 Å². The first-order chi connectivity index (χ1) is 7.29. The van der Waals surface area contributed by atoms with E-state index in [1.807, 2.05) is 5.38 Å². The Morgan fingerprint density at radius 2 is 2.33 bits per heavy atom. The number of aliphatic imine (C=N–C) groups is 1. The molecule has 0 aliphatic heterocycles. The van der Waals surface area contributed by atoms with Gasteiger partial charge in [-0.1, -0.05) is 0 Å². The number of thiophene rings is 1. The van der Waals surface area contributed by atoms with Crippen LogP contribution in [0, 0.1) is 11.3 Å². The smallest absolute Gasteiger partial charge is 0.138 e. The lowest BCUT2D eigenvalue weighted by molar-refractivity contribution is -0.118. The van der Waals surface area contributed by atoms with Crippen LogP contribution >= 0.6 is 11.3 Å². The van der Waals surface area contributed by atoms with Crippen molar-refractivity contribution in [2.45, 2.75) is 25.7 Å². The van der Waals surface area contributed by atoms with E-state index < -0.39 is 0 Å². The van der Waals surface area contributed by atoms with E-state index in [-0.39, 0.29) is 5.78 Å². The highest BCUT2D eigenvalue weighted by molar-refractivity contribution is 7.14. The van der Waals surface area contributed by atoms with Crippen LogP contribution in [0.2, 0.25) is 0 Å². The molecule has 1 heterocycles. The fourth-order valence-electron chi connectivity index (χ4n) is 1.61. The van der Waals surface area contributed by atoms with Gasteiger partial charge >= 0.3 is 0 Å². The molecular weight excluding hydrogens is 208 g/mol. The number of nitriles is 1. The number of ketones is 1. The van der Waals surface area contributed by atoms with Crippen molar-refractivity contribution in [3.05, 3.63) is 17.0 Å². The van der Waals surface area contributed by atoms with Gasteiger partial charge in [-0.25, -0.2) is 4.99 Å². The summed E-state index contributed by atoms with van der Waals surface area (Å²) in [7, 11) is 0. The summed E-state index contributed by atoms with van der Waals surface area (Å²) in [6, 6.07) is 3.85. The summed E-state index contributed by atoms with van der Waals surface area (Å²) in [5.41, 5.74) is 1.52. The number of hydrogen-bond donors (Lipinski definition) is 0. The highest BCUT2D eigenvalue weighted by Gasteiger charge is 2.15. The Labute approximate surface area is 92.1 Å². The Hall–Kier alpha value is -1.47. The maximum absolute atomic E-state index is 11.2. The second kappa shape index (κ2) is 4.37. The highest BCUT2D eigenvalue weighted by Crippen LogP contribution is 2.27. The standard InChI is InChI=1S/C11H10N2OS/c12-7-8-4-5-15-11(8)13-9-2-1-3-10(14)6-9/h4-5H,1-3,6H2. The van der Waals surface area contributed by atoms with Gasteiger partial charge in [-0.15, -0.1) is 11.3 Å². The second-order valence-electron chi connectivity index (χ2n) is 3.50. The number of rotatable bonds is 1. The van der Waals surface area contributed by atoms with Crippen molar-refractivity contribution in [1.82, 2.24) is 0 Å². The molecule has 15 heavy (non-hydrogen) atoms. The van der Waals surface area contributed by atoms with E-state index in [4.69, 9.17) is 5.26 Å². The van der Waals surface area contributed by atoms with Crippen molar-refractivity contribution in [1.29, 1.82) is 5.26 Å². The van der Waals surface area contributed by atoms with E-state index in [1.165, 1.54) is 11.3 Å². The summed E-state index contributed by atoms with van der Waals surface area (Å²) in [5, 5.41) is 11.4. The molecular formula is C11H10N2OS. The quantitative estimate of drug-likeness (QED) is 0.727. The van der Waals surface area contributed by atoms with Crippen molar-refractivity contribution >= 4 is 27.8 Å². The average Bonchev–Trinajstić information content (AvgIpc) is 2.65. The first-order valence-electron chi connectivity index (χ1n) is 4.85. The molecule has 76 valence electrons. The van der Waals surface area contributed by atoms with Gasteiger partial charge in [-0.05, 0) is 24.3 Å². The summed E-state index contributed by atoms with van der Waals surface area (Å²) >= 11 is 1.45. The molecule has 1 saturated carbocycles. The minimum absolute atomic E-state index is 0.259. The largest absolute Gasteiger partial charge is 0.299 e. The van der Waals surface area contributed by atoms with Crippen LogP contribution in [-0.2, 0) is 4.79 Å². The molecule has 0 radical (unpaired) electrons. The Morgan fingerprint density at radius 3 is 3.07 bits per heavy atom. The van der Waals surface area contributed by atoms with Crippen LogP contribution in [0.5, 0.6) is 0 Å². The number of hydrogen-bond acceptors (Lipinski definition) is 4. The van der Waals surface area contributed by atoms with Crippen LogP contribution < -0.4 is 0 Å². The highest BCUT2D eigenvalue weighted by atomic mass is 32.1. The van der Waals surface area contributed by atoms with E-state index in [9.17, 15) is 4.79 Å². The van der Waals surface area contributed by atoms with Gasteiger partial charge in [0.2, 0.25) is 0 Å². The normalized spacial score (nSPS) is 19.1. The lowest BCUT2D eigenvalue weighted by Crippen LogP contribution is -2.13. The van der Waals surface area contributed by atoms with Gasteiger partial charge in [0, 0.05) is 18.6 Å². The minimum Gasteiger partial charge on any atom is -0.299 e. The topological polar surface area (TPSA) is 53.2 Å². The third-order valence-electron chi connectivity index (χ3n) is 2.35. The Kier molecular flexibility index (Phi) is 2.93. The van der Waals surface area contributed by atoms with E-state index in [0.29, 0.717) is 18.4 Å². The summed E-state index contributed by atoms with van der Waals surface area (Å²) in [6.45, 7) is 0. The molecule has 1 fully saturated rings. The maximum atomic E-state index is 11.2. The zero-order chi connectivity index (χ0) is 10.7. The number of Topliss-reactive ketones (excluding diaryl/α,β-unsaturated/α-hetero) is 1. The molecule has 4 heteroatoms. The molecule has 1 aromatic rings. The molecule has 0 saturated heterocycles. The molecule has 1 aliphatic carbocycles. The maximum Gasteiger partial charge on any atom is 0.138 e. The summed E-state index contributed by atoms with van der Waals surface area (Å²) in [4.78, 5) is 15.6. The summed E-state index contributed by atoms with van der Waals surface area (Å²) in [5.74, 6) is 0.259. The fourth-order valence-corrected chi connectivity index (χ4v) is 2.36. The van der Waals surface area contributed by atoms with Crippen LogP contribution in [0.15, 0.2) is 16.4 Å². The van der Waals surface area contributed by atoms with Gasteiger partial charge in [0.1, 0.15) is 16.9 Å². The van der Waals surface area contributed by atoms with Crippen LogP contribution in [0.25, 0.3) is 0 Å². The predicted octanol–water partition coefficient (Wildman–Crippen LogP) is 2.84. The first kappa shape index (κ1) is 10.1. The monoisotopic (exact) mass is 218 g/mol. The van der Waals surface area contributed by atoms with Crippen molar-refractivity contribution in [2.24, 2.45) is 4.99 Å². The lowest BCUT2D eigenvalue weighted by atomic mass is 9.97. The predicted molar refractivity (Wildman–Crippen MR) is 59.6 cm³/mol. The molecule has 0 bridgehead atoms. The average molecular weight is 218 g/mol. The van der Waals surface area contributed by atoms with Crippen LogP contribution in [0.3, 0.4) is 0 Å². The van der Waals surface area contributed by atoms with Crippen LogP contribution in [0.1, 0.15) is 31.2 Å². The van der Waals surface area contributed by atoms with Crippen molar-refractivity contribution in [3.63, 3.8) is 0 Å². The summed E-state index contributed by atoms with van der Waals surface area (Å²) < 4.78 is 0. The Balaban J connectivity index is 2.23. The molecule has 0 amide bonds. The number of nitrogens with zero attached hydrogens (tertiary/aromatic N) is 2. The first-order valence-corrected chi connectivity index (χ1v) is 5.73. The zero-order valence-electron chi connectivity index (χ0n) is 8.19. The molecule has 1 aliphatic rings. The molecule has 3 nitrogen and oxygen atoms in total. The van der Waals surface area contributed by atoms with E-state index in [1.54, 1.807) is 6.07 Å². The van der Waals surface area contributed by atoms with Gasteiger partial charge in [-0.3, -0.25) is 4.79 Å². The van der Waals surface area contributed by atoms with E-state index in [0.717, 1.165) is 23.6 Å². The van der Waals surface area contributed by atoms with Crippen LogP contribution in [-0.4, -0.2) is 11.5 Å². The molecule has 0 atom stereocenters. The van der Waals surface area contributed by atoms with Gasteiger partial charge in [0.05, 0.1) is 5.56 Å². The lowest BCUT2D eigenvalue weighted by Gasteiger charge is -2.10. The Bertz CT molecular complexity index is 453. The van der Waals surface area contributed by atoms with Crippen molar-refractivity contribution < 1.29 is 4.79 Å². The van der Waals surface area contributed by atoms with Crippen molar-refractivity contribution in [2.75, 3.05) is 0 Å². The molecule has 0 N–H and O–H groups in total. The van der Waals surface area contributed by atoms with Gasteiger partial charge < -0.3 is 0 Å². The van der Waals surface area contributed by atoms with Gasteiger partial charge in [0.25, 0.3) is 0 Å². The third kappa shape index (κ3) is 2.31. The Morgan fingerprint density at radius 1 is 1.47 bits per heavy atom. The van der Waals surface area contributed by atoms with Crippen molar-refractivity contribution in [3.8, 4) is 6.07 Å². The molecule has 0 aromatic carbocycles. The zero-order valence-corrected chi connectivity index (χ0v) is 9.01. The molecule has 1 aromatic heterocycles. The number of carbonyl (C=O) groups excluding carboxylic acids is 1.